The zero-order valence-corrected chi connectivity index (χ0v) is 18.6. The average Bonchev–Trinajstić information content (AvgIpc) is 3.20. The molecule has 0 aliphatic heterocycles. The number of thioether (sulfide) groups is 1. The van der Waals surface area contributed by atoms with E-state index >= 15 is 0 Å². The van der Waals surface area contributed by atoms with Gasteiger partial charge in [0.05, 0.1) is 4.92 Å². The Balaban J connectivity index is 1.83. The van der Waals surface area contributed by atoms with E-state index in [1.807, 2.05) is 6.92 Å². The van der Waals surface area contributed by atoms with Crippen molar-refractivity contribution < 1.29 is 19.6 Å². The van der Waals surface area contributed by atoms with Crippen molar-refractivity contribution in [2.45, 2.75) is 25.1 Å². The molecule has 31 heavy (non-hydrogen) atoms. The van der Waals surface area contributed by atoms with Gasteiger partial charge in [0.25, 0.3) is 5.69 Å². The van der Waals surface area contributed by atoms with E-state index in [9.17, 15) is 20.0 Å². The van der Waals surface area contributed by atoms with Crippen molar-refractivity contribution >= 4 is 45.4 Å². The number of halogens is 1. The molecular weight excluding hydrogens is 488 g/mol. The summed E-state index contributed by atoms with van der Waals surface area (Å²) >= 11 is 4.32. The third-order valence-corrected chi connectivity index (χ3v) is 5.43. The first kappa shape index (κ1) is 22.5. The predicted octanol–water partition coefficient (Wildman–Crippen LogP) is 4.83. The summed E-state index contributed by atoms with van der Waals surface area (Å²) in [6.07, 6.45) is 2.15. The fraction of sp³-hybridized carbons (Fsp3) is 0.150. The van der Waals surface area contributed by atoms with Crippen LogP contribution in [0.4, 0.5) is 5.69 Å². The second kappa shape index (κ2) is 10.2. The Morgan fingerprint density at radius 1 is 1.32 bits per heavy atom. The molecule has 1 heterocycles. The van der Waals surface area contributed by atoms with Crippen molar-refractivity contribution in [2.75, 3.05) is 0 Å². The lowest BCUT2D eigenvalue weighted by molar-refractivity contribution is -0.384. The Morgan fingerprint density at radius 2 is 2.06 bits per heavy atom. The van der Waals surface area contributed by atoms with Crippen LogP contribution in [0.5, 0.6) is 5.75 Å². The summed E-state index contributed by atoms with van der Waals surface area (Å²) in [6.45, 7) is 2.08. The van der Waals surface area contributed by atoms with Gasteiger partial charge in [-0.2, -0.15) is 0 Å². The number of hydrogen-bond acceptors (Lipinski definition) is 7. The molecule has 160 valence electrons. The third kappa shape index (κ3) is 6.15. The summed E-state index contributed by atoms with van der Waals surface area (Å²) in [5.41, 5.74) is 1.29. The number of benzene rings is 2. The van der Waals surface area contributed by atoms with Gasteiger partial charge < -0.3 is 9.84 Å². The van der Waals surface area contributed by atoms with E-state index in [0.29, 0.717) is 28.7 Å². The van der Waals surface area contributed by atoms with Crippen LogP contribution in [0.15, 0.2) is 57.0 Å². The van der Waals surface area contributed by atoms with Crippen LogP contribution >= 0.6 is 27.7 Å². The zero-order chi connectivity index (χ0) is 22.4. The Morgan fingerprint density at radius 3 is 2.68 bits per heavy atom. The number of aromatic nitrogens is 3. The van der Waals surface area contributed by atoms with Crippen LogP contribution in [0.25, 0.3) is 6.08 Å². The number of non-ortho nitro benzene ring substituents is 1. The highest BCUT2D eigenvalue weighted by molar-refractivity contribution is 9.10. The highest BCUT2D eigenvalue weighted by atomic mass is 79.9. The Labute approximate surface area is 189 Å². The number of nitro benzene ring substituents is 1. The first-order valence-corrected chi connectivity index (χ1v) is 10.7. The maximum absolute atomic E-state index is 11.8. The second-order valence-electron chi connectivity index (χ2n) is 6.23. The topological polar surface area (TPSA) is 131 Å². The number of hydrogen-bond donors (Lipinski definition) is 2. The fourth-order valence-corrected chi connectivity index (χ4v) is 3.59. The lowest BCUT2D eigenvalue weighted by Crippen LogP contribution is -2.00. The highest BCUT2D eigenvalue weighted by Crippen LogP contribution is 2.31. The number of aromatic amines is 1. The van der Waals surface area contributed by atoms with E-state index in [2.05, 4.69) is 31.1 Å². The maximum Gasteiger partial charge on any atom is 0.342 e. The molecule has 0 spiro atoms. The lowest BCUT2D eigenvalue weighted by Gasteiger charge is -2.11. The summed E-state index contributed by atoms with van der Waals surface area (Å²) in [5.74, 6) is 0.0149. The van der Waals surface area contributed by atoms with Crippen LogP contribution in [0.2, 0.25) is 0 Å². The summed E-state index contributed by atoms with van der Waals surface area (Å²) in [5, 5.41) is 27.5. The van der Waals surface area contributed by atoms with E-state index in [-0.39, 0.29) is 17.2 Å². The number of nitrogens with one attached hydrogen (secondary N) is 1. The predicted molar refractivity (Wildman–Crippen MR) is 119 cm³/mol. The molecule has 0 bridgehead atoms. The minimum Gasteiger partial charge on any atom is -0.488 e. The number of rotatable bonds is 9. The van der Waals surface area contributed by atoms with Crippen LogP contribution < -0.4 is 4.74 Å². The number of H-pyrrole nitrogens is 1. The molecule has 11 heteroatoms. The van der Waals surface area contributed by atoms with Crippen LogP contribution in [-0.2, 0) is 17.8 Å². The van der Waals surface area contributed by atoms with Gasteiger partial charge in [-0.1, -0.05) is 22.9 Å². The molecule has 0 unspecified atom stereocenters. The number of carbonyl (C=O) groups is 1. The second-order valence-corrected chi connectivity index (χ2v) is 8.15. The van der Waals surface area contributed by atoms with Crippen molar-refractivity contribution in [3.63, 3.8) is 0 Å². The molecule has 9 nitrogen and oxygen atoms in total. The van der Waals surface area contributed by atoms with E-state index < -0.39 is 10.9 Å². The Kier molecular flexibility index (Phi) is 7.42. The average molecular weight is 505 g/mol. The molecule has 0 atom stereocenters. The molecule has 0 aliphatic rings. The number of nitro groups is 1. The SMILES string of the molecule is CCc1nc(S/C(=C\c2cc(Br)ccc2OCc2ccc([N+](=O)[O-])cc2)C(=O)O)n[nH]1. The van der Waals surface area contributed by atoms with Crippen LogP contribution in [0.1, 0.15) is 23.9 Å². The minimum atomic E-state index is -1.12. The summed E-state index contributed by atoms with van der Waals surface area (Å²) in [6, 6.07) is 11.3. The Bertz CT molecular complexity index is 1130. The lowest BCUT2D eigenvalue weighted by atomic mass is 10.2. The van der Waals surface area contributed by atoms with Crippen molar-refractivity contribution in [3.05, 3.63) is 78.9 Å². The van der Waals surface area contributed by atoms with Crippen molar-refractivity contribution in [2.24, 2.45) is 0 Å². The normalized spacial score (nSPS) is 11.4. The molecule has 0 saturated heterocycles. The maximum atomic E-state index is 11.8. The number of carboxylic acid groups (broad SMARTS) is 1. The molecule has 2 aromatic carbocycles. The summed E-state index contributed by atoms with van der Waals surface area (Å²) < 4.78 is 6.61. The van der Waals surface area contributed by atoms with Gasteiger partial charge >= 0.3 is 5.97 Å². The van der Waals surface area contributed by atoms with Gasteiger partial charge in [-0.15, -0.1) is 5.10 Å². The molecule has 0 fully saturated rings. The number of carboxylic acids is 1. The molecule has 0 saturated carbocycles. The summed E-state index contributed by atoms with van der Waals surface area (Å²) in [7, 11) is 0. The molecule has 1 aromatic heterocycles. The molecule has 2 N–H and O–H groups in total. The van der Waals surface area contributed by atoms with Gasteiger partial charge in [0.15, 0.2) is 0 Å². The van der Waals surface area contributed by atoms with E-state index in [0.717, 1.165) is 21.8 Å². The molecule has 0 amide bonds. The van der Waals surface area contributed by atoms with Gasteiger partial charge in [0, 0.05) is 28.6 Å². The largest absolute Gasteiger partial charge is 0.488 e. The molecule has 3 aromatic rings. The molecule has 0 radical (unpaired) electrons. The van der Waals surface area contributed by atoms with Gasteiger partial charge in [-0.3, -0.25) is 15.2 Å². The summed E-state index contributed by atoms with van der Waals surface area (Å²) in [4.78, 5) is 26.4. The number of nitrogens with zero attached hydrogens (tertiary/aromatic N) is 3. The number of aryl methyl sites for hydroxylation is 1. The van der Waals surface area contributed by atoms with E-state index in [1.54, 1.807) is 30.3 Å². The minimum absolute atomic E-state index is 0.00246. The first-order chi connectivity index (χ1) is 14.9. The smallest absolute Gasteiger partial charge is 0.342 e. The van der Waals surface area contributed by atoms with Crippen LogP contribution in [0, 0.1) is 10.1 Å². The van der Waals surface area contributed by atoms with Crippen molar-refractivity contribution in [3.8, 4) is 5.75 Å². The van der Waals surface area contributed by atoms with E-state index in [1.165, 1.54) is 18.2 Å². The third-order valence-electron chi connectivity index (χ3n) is 4.06. The fourth-order valence-electron chi connectivity index (χ4n) is 2.49. The quantitative estimate of drug-likeness (QED) is 0.183. The van der Waals surface area contributed by atoms with Gasteiger partial charge in [0.2, 0.25) is 5.16 Å². The number of ether oxygens (including phenoxy) is 1. The molecule has 3 rings (SSSR count). The molecular formula is C20H17BrN4O5S. The molecule has 0 aliphatic carbocycles. The van der Waals surface area contributed by atoms with E-state index in [4.69, 9.17) is 4.74 Å². The first-order valence-electron chi connectivity index (χ1n) is 9.05. The van der Waals surface area contributed by atoms with Gasteiger partial charge in [0.1, 0.15) is 23.1 Å². The van der Waals surface area contributed by atoms with Gasteiger partial charge in [-0.25, -0.2) is 9.78 Å². The highest BCUT2D eigenvalue weighted by Gasteiger charge is 2.15. The van der Waals surface area contributed by atoms with Crippen LogP contribution in [-0.4, -0.2) is 31.2 Å². The number of aliphatic carboxylic acids is 1. The standard InChI is InChI=1S/C20H17BrN4O5S/c1-2-18-22-20(24-23-18)31-17(19(26)27)10-13-9-14(21)5-8-16(13)30-11-12-3-6-15(7-4-12)25(28)29/h3-10H,2,11H2,1H3,(H,26,27)(H,22,23,24)/b17-10-. The zero-order valence-electron chi connectivity index (χ0n) is 16.2. The van der Waals surface area contributed by atoms with Crippen LogP contribution in [0.3, 0.4) is 0 Å². The van der Waals surface area contributed by atoms with Crippen molar-refractivity contribution in [1.82, 2.24) is 15.2 Å². The van der Waals surface area contributed by atoms with Crippen molar-refractivity contribution in [1.29, 1.82) is 0 Å². The Hall–Kier alpha value is -3.18. The van der Waals surface area contributed by atoms with Gasteiger partial charge in [-0.05, 0) is 53.7 Å². The monoisotopic (exact) mass is 504 g/mol.